The molecule has 0 amide bonds. The fourth-order valence-corrected chi connectivity index (χ4v) is 3.10. The van der Waals surface area contributed by atoms with Gasteiger partial charge in [0.05, 0.1) is 0 Å². The highest BCUT2D eigenvalue weighted by Crippen LogP contribution is 2.46. The first-order chi connectivity index (χ1) is 8.85. The molecular weight excluding hydrogens is 224 g/mol. The molecule has 0 atom stereocenters. The second-order valence-electron chi connectivity index (χ2n) is 5.59. The Hall–Kier alpha value is -1.61. The Labute approximate surface area is 106 Å². The summed E-state index contributed by atoms with van der Waals surface area (Å²) in [6.07, 6.45) is 4.53. The molecule has 1 aromatic heterocycles. The van der Waals surface area contributed by atoms with Crippen molar-refractivity contribution in [2.75, 3.05) is 13.1 Å². The van der Waals surface area contributed by atoms with E-state index in [0.29, 0.717) is 11.5 Å². The molecule has 0 unspecified atom stereocenters. The van der Waals surface area contributed by atoms with Crippen molar-refractivity contribution < 1.29 is 4.74 Å². The van der Waals surface area contributed by atoms with E-state index in [9.17, 15) is 0 Å². The van der Waals surface area contributed by atoms with Gasteiger partial charge in [0.1, 0.15) is 6.10 Å². The molecule has 92 valence electrons. The highest BCUT2D eigenvalue weighted by Gasteiger charge is 2.49. The van der Waals surface area contributed by atoms with Gasteiger partial charge in [-0.25, -0.2) is 4.98 Å². The number of aromatic nitrogens is 1. The average molecular weight is 240 g/mol. The first-order valence-electron chi connectivity index (χ1n) is 6.56. The minimum atomic E-state index is 0.352. The fraction of sp³-hybridized carbons (Fsp3) is 0.400. The number of nitrogens with zero attached hydrogens (tertiary/aromatic N) is 1. The zero-order valence-corrected chi connectivity index (χ0v) is 10.2. The minimum Gasteiger partial charge on any atom is -0.474 e. The van der Waals surface area contributed by atoms with E-state index < -0.39 is 0 Å². The molecule has 18 heavy (non-hydrogen) atoms. The van der Waals surface area contributed by atoms with Crippen molar-refractivity contribution in [3.63, 3.8) is 0 Å². The summed E-state index contributed by atoms with van der Waals surface area (Å²) in [5.41, 5.74) is 0.551. The number of nitrogens with one attached hydrogen (secondary N) is 1. The first kappa shape index (κ1) is 10.3. The van der Waals surface area contributed by atoms with Crippen LogP contribution in [0.4, 0.5) is 0 Å². The molecule has 1 N–H and O–H groups in total. The first-order valence-corrected chi connectivity index (χ1v) is 6.56. The monoisotopic (exact) mass is 240 g/mol. The number of pyridine rings is 1. The SMILES string of the molecule is c1ccc2c(OC3CC4(CNC4)C3)nccc2c1. The van der Waals surface area contributed by atoms with Crippen LogP contribution in [0.2, 0.25) is 0 Å². The Bertz CT molecular complexity index is 579. The van der Waals surface area contributed by atoms with E-state index in [1.54, 1.807) is 0 Å². The number of ether oxygens (including phenoxy) is 1. The van der Waals surface area contributed by atoms with Gasteiger partial charge in [-0.1, -0.05) is 18.2 Å². The van der Waals surface area contributed by atoms with Gasteiger partial charge in [0.15, 0.2) is 0 Å². The lowest BCUT2D eigenvalue weighted by Gasteiger charge is -2.53. The number of fused-ring (bicyclic) bond motifs is 1. The van der Waals surface area contributed by atoms with E-state index in [-0.39, 0.29) is 0 Å². The topological polar surface area (TPSA) is 34.1 Å². The summed E-state index contributed by atoms with van der Waals surface area (Å²) in [7, 11) is 0. The Balaban J connectivity index is 1.56. The highest BCUT2D eigenvalue weighted by atomic mass is 16.5. The average Bonchev–Trinajstić information content (AvgIpc) is 2.31. The second-order valence-corrected chi connectivity index (χ2v) is 5.59. The third-order valence-corrected chi connectivity index (χ3v) is 4.24. The lowest BCUT2D eigenvalue weighted by atomic mass is 9.63. The summed E-state index contributed by atoms with van der Waals surface area (Å²) in [5, 5.41) is 5.66. The molecule has 4 rings (SSSR count). The fourth-order valence-electron chi connectivity index (χ4n) is 3.10. The standard InChI is InChI=1S/C15H16N2O/c1-2-4-13-11(3-1)5-6-17-14(13)18-12-7-15(8-12)9-16-10-15/h1-6,12,16H,7-10H2. The van der Waals surface area contributed by atoms with Gasteiger partial charge in [-0.15, -0.1) is 0 Å². The van der Waals surface area contributed by atoms with Crippen LogP contribution in [0.1, 0.15) is 12.8 Å². The van der Waals surface area contributed by atoms with Crippen LogP contribution in [-0.4, -0.2) is 24.2 Å². The van der Waals surface area contributed by atoms with Gasteiger partial charge in [0.25, 0.3) is 0 Å². The molecular formula is C15H16N2O. The zero-order valence-electron chi connectivity index (χ0n) is 10.2. The van der Waals surface area contributed by atoms with Gasteiger partial charge in [0, 0.05) is 30.1 Å². The zero-order chi connectivity index (χ0) is 12.0. The maximum Gasteiger partial charge on any atom is 0.221 e. The Morgan fingerprint density at radius 2 is 2.00 bits per heavy atom. The van der Waals surface area contributed by atoms with Crippen LogP contribution < -0.4 is 10.1 Å². The van der Waals surface area contributed by atoms with Gasteiger partial charge in [-0.05, 0) is 30.4 Å². The van der Waals surface area contributed by atoms with Crippen molar-refractivity contribution in [2.24, 2.45) is 5.41 Å². The smallest absolute Gasteiger partial charge is 0.221 e. The molecule has 1 saturated carbocycles. The lowest BCUT2D eigenvalue weighted by Crippen LogP contribution is -2.62. The molecule has 0 bridgehead atoms. The van der Waals surface area contributed by atoms with E-state index in [1.165, 1.54) is 18.2 Å². The normalized spacial score (nSPS) is 21.6. The molecule has 2 aromatic rings. The molecule has 1 saturated heterocycles. The van der Waals surface area contributed by atoms with E-state index in [2.05, 4.69) is 22.4 Å². The van der Waals surface area contributed by atoms with E-state index in [4.69, 9.17) is 4.74 Å². The number of benzene rings is 1. The summed E-state index contributed by atoms with van der Waals surface area (Å²) >= 11 is 0. The van der Waals surface area contributed by atoms with Gasteiger partial charge in [-0.3, -0.25) is 0 Å². The van der Waals surface area contributed by atoms with E-state index >= 15 is 0 Å². The van der Waals surface area contributed by atoms with Crippen LogP contribution in [0, 0.1) is 5.41 Å². The Kier molecular flexibility index (Phi) is 2.12. The van der Waals surface area contributed by atoms with Crippen molar-refractivity contribution >= 4 is 10.8 Å². The molecule has 1 aliphatic carbocycles. The maximum atomic E-state index is 6.06. The van der Waals surface area contributed by atoms with Gasteiger partial charge < -0.3 is 10.1 Å². The third-order valence-electron chi connectivity index (χ3n) is 4.24. The lowest BCUT2D eigenvalue weighted by molar-refractivity contribution is -0.0506. The molecule has 2 fully saturated rings. The van der Waals surface area contributed by atoms with Crippen LogP contribution in [-0.2, 0) is 0 Å². The van der Waals surface area contributed by atoms with Crippen molar-refractivity contribution in [1.82, 2.24) is 10.3 Å². The predicted octanol–water partition coefficient (Wildman–Crippen LogP) is 2.37. The summed E-state index contributed by atoms with van der Waals surface area (Å²) in [6.45, 7) is 2.33. The van der Waals surface area contributed by atoms with Crippen molar-refractivity contribution in [3.8, 4) is 5.88 Å². The third kappa shape index (κ3) is 1.51. The minimum absolute atomic E-state index is 0.352. The van der Waals surface area contributed by atoms with Gasteiger partial charge in [-0.2, -0.15) is 0 Å². The summed E-state index contributed by atoms with van der Waals surface area (Å²) in [5.74, 6) is 0.792. The Morgan fingerprint density at radius 3 is 2.78 bits per heavy atom. The van der Waals surface area contributed by atoms with Crippen LogP contribution in [0.5, 0.6) is 5.88 Å². The van der Waals surface area contributed by atoms with E-state index in [0.717, 1.165) is 24.4 Å². The van der Waals surface area contributed by atoms with Crippen molar-refractivity contribution in [3.05, 3.63) is 36.5 Å². The predicted molar refractivity (Wildman–Crippen MR) is 70.7 cm³/mol. The summed E-state index contributed by atoms with van der Waals surface area (Å²) < 4.78 is 6.06. The van der Waals surface area contributed by atoms with Gasteiger partial charge in [0.2, 0.25) is 5.88 Å². The Morgan fingerprint density at radius 1 is 1.17 bits per heavy atom. The molecule has 0 radical (unpaired) electrons. The molecule has 2 heterocycles. The van der Waals surface area contributed by atoms with E-state index in [1.807, 2.05) is 24.4 Å². The number of hydrogen-bond donors (Lipinski definition) is 1. The molecule has 2 aliphatic rings. The van der Waals surface area contributed by atoms with Crippen LogP contribution >= 0.6 is 0 Å². The largest absolute Gasteiger partial charge is 0.474 e. The highest BCUT2D eigenvalue weighted by molar-refractivity contribution is 5.86. The van der Waals surface area contributed by atoms with Crippen molar-refractivity contribution in [2.45, 2.75) is 18.9 Å². The van der Waals surface area contributed by atoms with Crippen LogP contribution in [0.3, 0.4) is 0 Å². The second kappa shape index (κ2) is 3.69. The summed E-state index contributed by atoms with van der Waals surface area (Å²) in [6, 6.07) is 10.3. The quantitative estimate of drug-likeness (QED) is 0.875. The molecule has 1 aromatic carbocycles. The molecule has 3 nitrogen and oxygen atoms in total. The van der Waals surface area contributed by atoms with Gasteiger partial charge >= 0.3 is 0 Å². The molecule has 3 heteroatoms. The number of hydrogen-bond acceptors (Lipinski definition) is 3. The molecule has 1 spiro atoms. The summed E-state index contributed by atoms with van der Waals surface area (Å²) in [4.78, 5) is 4.38. The maximum absolute atomic E-state index is 6.06. The number of rotatable bonds is 2. The van der Waals surface area contributed by atoms with Crippen LogP contribution in [0.15, 0.2) is 36.5 Å². The van der Waals surface area contributed by atoms with Crippen molar-refractivity contribution in [1.29, 1.82) is 0 Å². The molecule has 1 aliphatic heterocycles. The van der Waals surface area contributed by atoms with Crippen LogP contribution in [0.25, 0.3) is 10.8 Å².